The van der Waals surface area contributed by atoms with Gasteiger partial charge < -0.3 is 5.32 Å². The molecule has 17 heavy (non-hydrogen) atoms. The van der Waals surface area contributed by atoms with Gasteiger partial charge in [-0.3, -0.25) is 10.1 Å². The number of nitro groups is 1. The minimum absolute atomic E-state index is 0.190. The monoisotopic (exact) mass is 234 g/mol. The van der Waals surface area contributed by atoms with E-state index in [1.54, 1.807) is 13.0 Å². The van der Waals surface area contributed by atoms with E-state index in [-0.39, 0.29) is 10.6 Å². The van der Waals surface area contributed by atoms with Crippen molar-refractivity contribution in [3.8, 4) is 0 Å². The Morgan fingerprint density at radius 1 is 1.53 bits per heavy atom. The summed E-state index contributed by atoms with van der Waals surface area (Å²) in [5.41, 5.74) is 1.92. The van der Waals surface area contributed by atoms with Crippen molar-refractivity contribution < 1.29 is 4.92 Å². The lowest BCUT2D eigenvalue weighted by Crippen LogP contribution is -2.15. The molecule has 0 bridgehead atoms. The Labute approximate surface area is 101 Å². The van der Waals surface area contributed by atoms with E-state index in [4.69, 9.17) is 0 Å². The Kier molecular flexibility index (Phi) is 5.36. The second-order valence-electron chi connectivity index (χ2n) is 3.93. The van der Waals surface area contributed by atoms with Crippen molar-refractivity contribution in [2.75, 3.05) is 6.54 Å². The van der Waals surface area contributed by atoms with Crippen molar-refractivity contribution in [1.29, 1.82) is 0 Å². The van der Waals surface area contributed by atoms with Crippen LogP contribution in [-0.4, -0.2) is 11.5 Å². The fraction of sp³-hybridized carbons (Fsp3) is 0.385. The first-order valence-electron chi connectivity index (χ1n) is 5.71. The first-order valence-corrected chi connectivity index (χ1v) is 5.71. The molecule has 0 aliphatic rings. The van der Waals surface area contributed by atoms with Gasteiger partial charge in [0.15, 0.2) is 0 Å². The molecule has 1 rings (SSSR count). The van der Waals surface area contributed by atoms with Gasteiger partial charge in [-0.05, 0) is 31.9 Å². The summed E-state index contributed by atoms with van der Waals surface area (Å²) in [5.74, 6) is 0. The topological polar surface area (TPSA) is 55.2 Å². The van der Waals surface area contributed by atoms with Crippen LogP contribution in [0.4, 0.5) is 5.69 Å². The van der Waals surface area contributed by atoms with E-state index in [9.17, 15) is 10.1 Å². The fourth-order valence-corrected chi connectivity index (χ4v) is 1.65. The molecule has 1 N–H and O–H groups in total. The van der Waals surface area contributed by atoms with Gasteiger partial charge >= 0.3 is 0 Å². The molecule has 0 fully saturated rings. The quantitative estimate of drug-likeness (QED) is 0.341. The summed E-state index contributed by atoms with van der Waals surface area (Å²) in [7, 11) is 0. The fourth-order valence-electron chi connectivity index (χ4n) is 1.65. The zero-order valence-corrected chi connectivity index (χ0v) is 10.1. The third-order valence-corrected chi connectivity index (χ3v) is 2.69. The number of rotatable bonds is 7. The second kappa shape index (κ2) is 6.81. The summed E-state index contributed by atoms with van der Waals surface area (Å²) in [6, 6.07) is 5.19. The predicted octanol–water partition coefficient (Wildman–Crippen LogP) is 2.96. The van der Waals surface area contributed by atoms with Gasteiger partial charge in [-0.2, -0.15) is 0 Å². The summed E-state index contributed by atoms with van der Waals surface area (Å²) < 4.78 is 0. The molecule has 0 amide bonds. The number of benzene rings is 1. The van der Waals surface area contributed by atoms with Crippen molar-refractivity contribution in [2.45, 2.75) is 26.3 Å². The maximum atomic E-state index is 10.8. The van der Waals surface area contributed by atoms with Crippen LogP contribution in [0.5, 0.6) is 0 Å². The van der Waals surface area contributed by atoms with Crippen molar-refractivity contribution in [3.63, 3.8) is 0 Å². The van der Waals surface area contributed by atoms with Crippen molar-refractivity contribution >= 4 is 5.69 Å². The zero-order valence-electron chi connectivity index (χ0n) is 10.1. The van der Waals surface area contributed by atoms with Crippen LogP contribution in [0.25, 0.3) is 0 Å². The Bertz CT molecular complexity index is 402. The number of hydrogen-bond acceptors (Lipinski definition) is 3. The van der Waals surface area contributed by atoms with Crippen LogP contribution < -0.4 is 5.32 Å². The van der Waals surface area contributed by atoms with Crippen LogP contribution in [-0.2, 0) is 6.54 Å². The van der Waals surface area contributed by atoms with E-state index >= 15 is 0 Å². The van der Waals surface area contributed by atoms with Crippen LogP contribution in [0.3, 0.4) is 0 Å². The third-order valence-electron chi connectivity index (χ3n) is 2.69. The van der Waals surface area contributed by atoms with E-state index < -0.39 is 0 Å². The Balaban J connectivity index is 2.56. The van der Waals surface area contributed by atoms with Crippen molar-refractivity contribution in [1.82, 2.24) is 5.32 Å². The Morgan fingerprint density at radius 2 is 2.29 bits per heavy atom. The van der Waals surface area contributed by atoms with E-state index in [2.05, 4.69) is 11.9 Å². The van der Waals surface area contributed by atoms with Crippen LogP contribution in [0.2, 0.25) is 0 Å². The van der Waals surface area contributed by atoms with Gasteiger partial charge in [-0.25, -0.2) is 0 Å². The average Bonchev–Trinajstić information content (AvgIpc) is 2.30. The van der Waals surface area contributed by atoms with Crippen molar-refractivity contribution in [2.24, 2.45) is 0 Å². The van der Waals surface area contributed by atoms with Gasteiger partial charge in [0, 0.05) is 18.2 Å². The summed E-state index contributed by atoms with van der Waals surface area (Å²) in [4.78, 5) is 10.4. The maximum Gasteiger partial charge on any atom is 0.272 e. The molecule has 0 radical (unpaired) electrons. The lowest BCUT2D eigenvalue weighted by atomic mass is 10.1. The molecule has 0 aromatic heterocycles. The van der Waals surface area contributed by atoms with Gasteiger partial charge in [0.1, 0.15) is 0 Å². The first-order chi connectivity index (χ1) is 8.16. The summed E-state index contributed by atoms with van der Waals surface area (Å²) in [6.45, 7) is 7.02. The molecule has 92 valence electrons. The molecule has 0 unspecified atom stereocenters. The minimum Gasteiger partial charge on any atom is -0.313 e. The maximum absolute atomic E-state index is 10.8. The summed E-state index contributed by atoms with van der Waals surface area (Å²) in [6.07, 6.45) is 3.92. The van der Waals surface area contributed by atoms with E-state index in [0.717, 1.165) is 30.5 Å². The molecule has 4 heteroatoms. The smallest absolute Gasteiger partial charge is 0.272 e. The predicted molar refractivity (Wildman–Crippen MR) is 69.0 cm³/mol. The van der Waals surface area contributed by atoms with Crippen molar-refractivity contribution in [3.05, 3.63) is 52.1 Å². The second-order valence-corrected chi connectivity index (χ2v) is 3.93. The van der Waals surface area contributed by atoms with Crippen LogP contribution in [0.1, 0.15) is 24.0 Å². The lowest BCUT2D eigenvalue weighted by Gasteiger charge is -2.07. The number of hydrogen-bond donors (Lipinski definition) is 1. The molecule has 0 aliphatic carbocycles. The van der Waals surface area contributed by atoms with Gasteiger partial charge in [-0.1, -0.05) is 18.2 Å². The summed E-state index contributed by atoms with van der Waals surface area (Å²) >= 11 is 0. The molecule has 1 aromatic rings. The summed E-state index contributed by atoms with van der Waals surface area (Å²) in [5, 5.41) is 14.0. The van der Waals surface area contributed by atoms with Crippen LogP contribution in [0, 0.1) is 17.0 Å². The molecular formula is C13H18N2O2. The highest BCUT2D eigenvalue weighted by atomic mass is 16.6. The average molecular weight is 234 g/mol. The standard InChI is InChI=1S/C13H18N2O2/c1-3-4-5-9-14-10-12-7-6-8-13(11(12)2)15(16)17/h3,6-8,14H,1,4-5,9-10H2,2H3. The van der Waals surface area contributed by atoms with E-state index in [1.165, 1.54) is 6.07 Å². The van der Waals surface area contributed by atoms with Gasteiger partial charge in [0.05, 0.1) is 4.92 Å². The molecule has 0 atom stereocenters. The zero-order chi connectivity index (χ0) is 12.7. The number of allylic oxidation sites excluding steroid dienone is 1. The molecule has 0 spiro atoms. The van der Waals surface area contributed by atoms with Crippen LogP contribution in [0.15, 0.2) is 30.9 Å². The molecule has 0 aliphatic heterocycles. The van der Waals surface area contributed by atoms with Gasteiger partial charge in [0.25, 0.3) is 5.69 Å². The lowest BCUT2D eigenvalue weighted by molar-refractivity contribution is -0.385. The third kappa shape index (κ3) is 4.00. The number of unbranched alkanes of at least 4 members (excludes halogenated alkanes) is 1. The molecule has 0 saturated carbocycles. The highest BCUT2D eigenvalue weighted by Crippen LogP contribution is 2.20. The molecule has 4 nitrogen and oxygen atoms in total. The highest BCUT2D eigenvalue weighted by molar-refractivity contribution is 5.44. The molecule has 0 heterocycles. The largest absolute Gasteiger partial charge is 0.313 e. The highest BCUT2D eigenvalue weighted by Gasteiger charge is 2.12. The Morgan fingerprint density at radius 3 is 2.94 bits per heavy atom. The van der Waals surface area contributed by atoms with Gasteiger partial charge in [0.2, 0.25) is 0 Å². The molecule has 1 aromatic carbocycles. The van der Waals surface area contributed by atoms with E-state index in [1.807, 2.05) is 12.1 Å². The van der Waals surface area contributed by atoms with E-state index in [0.29, 0.717) is 6.54 Å². The number of nitrogens with zero attached hydrogens (tertiary/aromatic N) is 1. The molecular weight excluding hydrogens is 216 g/mol. The minimum atomic E-state index is -0.337. The first kappa shape index (κ1) is 13.4. The normalized spacial score (nSPS) is 10.2. The number of nitro benzene ring substituents is 1. The van der Waals surface area contributed by atoms with Crippen LogP contribution >= 0.6 is 0 Å². The SMILES string of the molecule is C=CCCCNCc1cccc([N+](=O)[O-])c1C. The molecule has 0 saturated heterocycles. The van der Waals surface area contributed by atoms with Gasteiger partial charge in [-0.15, -0.1) is 6.58 Å². The number of nitrogens with one attached hydrogen (secondary N) is 1. The Hall–Kier alpha value is -1.68.